The quantitative estimate of drug-likeness (QED) is 0.728. The zero-order valence-corrected chi connectivity index (χ0v) is 8.74. The molecule has 1 aromatic rings. The molecule has 0 amide bonds. The number of nitrogens with zero attached hydrogens (tertiary/aromatic N) is 2. The number of rotatable bonds is 4. The van der Waals surface area contributed by atoms with Crippen molar-refractivity contribution < 1.29 is 23.0 Å². The van der Waals surface area contributed by atoms with Crippen molar-refractivity contribution in [3.05, 3.63) is 17.8 Å². The van der Waals surface area contributed by atoms with Crippen LogP contribution in [0.1, 0.15) is 12.6 Å². The summed E-state index contributed by atoms with van der Waals surface area (Å²) in [4.78, 5) is 10.9. The van der Waals surface area contributed by atoms with E-state index in [0.717, 1.165) is 6.07 Å². The van der Waals surface area contributed by atoms with Gasteiger partial charge < -0.3 is 9.47 Å². The standard InChI is InChI=1S/C9H10F2N2O3/c1-3-16-8(14)9(10,11)6-4-5-7(15-2)13-12-6/h4-5H,3H2,1-2H3. The third-order valence-corrected chi connectivity index (χ3v) is 1.70. The second kappa shape index (κ2) is 4.82. The Kier molecular flexibility index (Phi) is 3.70. The van der Waals surface area contributed by atoms with Gasteiger partial charge in [-0.1, -0.05) is 0 Å². The normalized spacial score (nSPS) is 11.0. The first-order chi connectivity index (χ1) is 7.52. The van der Waals surface area contributed by atoms with Crippen LogP contribution >= 0.6 is 0 Å². The fraction of sp³-hybridized carbons (Fsp3) is 0.444. The summed E-state index contributed by atoms with van der Waals surface area (Å²) >= 11 is 0. The molecule has 0 bridgehead atoms. The Morgan fingerprint density at radius 1 is 1.44 bits per heavy atom. The van der Waals surface area contributed by atoms with Gasteiger partial charge in [0.05, 0.1) is 13.7 Å². The maximum Gasteiger partial charge on any atom is 0.386 e. The average Bonchev–Trinajstić information content (AvgIpc) is 2.29. The van der Waals surface area contributed by atoms with E-state index in [-0.39, 0.29) is 12.5 Å². The van der Waals surface area contributed by atoms with Crippen LogP contribution in [0.5, 0.6) is 5.88 Å². The van der Waals surface area contributed by atoms with E-state index in [2.05, 4.69) is 19.7 Å². The summed E-state index contributed by atoms with van der Waals surface area (Å²) in [5.74, 6) is -5.35. The van der Waals surface area contributed by atoms with Gasteiger partial charge in [-0.15, -0.1) is 10.2 Å². The van der Waals surface area contributed by atoms with E-state index in [1.54, 1.807) is 0 Å². The van der Waals surface area contributed by atoms with Gasteiger partial charge in [-0.3, -0.25) is 0 Å². The molecule has 1 aromatic heterocycles. The smallest absolute Gasteiger partial charge is 0.386 e. The highest BCUT2D eigenvalue weighted by Crippen LogP contribution is 2.27. The number of carbonyl (C=O) groups is 1. The highest BCUT2D eigenvalue weighted by molar-refractivity contribution is 5.78. The largest absolute Gasteiger partial charge is 0.480 e. The minimum Gasteiger partial charge on any atom is -0.480 e. The molecule has 5 nitrogen and oxygen atoms in total. The molecule has 88 valence electrons. The monoisotopic (exact) mass is 232 g/mol. The number of methoxy groups -OCH3 is 1. The number of ether oxygens (including phenoxy) is 2. The van der Waals surface area contributed by atoms with Crippen LogP contribution in [0, 0.1) is 0 Å². The number of hydrogen-bond acceptors (Lipinski definition) is 5. The number of alkyl halides is 2. The minimum absolute atomic E-state index is 0.0865. The molecule has 0 radical (unpaired) electrons. The van der Waals surface area contributed by atoms with Gasteiger partial charge in [-0.25, -0.2) is 4.79 Å². The first-order valence-electron chi connectivity index (χ1n) is 4.45. The van der Waals surface area contributed by atoms with Crippen LogP contribution in [-0.2, 0) is 15.5 Å². The maximum atomic E-state index is 13.4. The highest BCUT2D eigenvalue weighted by atomic mass is 19.3. The summed E-state index contributed by atoms with van der Waals surface area (Å²) in [6.07, 6.45) is 0. The molecule has 0 spiro atoms. The Bertz CT molecular complexity index is 368. The Morgan fingerprint density at radius 3 is 2.56 bits per heavy atom. The van der Waals surface area contributed by atoms with Crippen molar-refractivity contribution in [2.75, 3.05) is 13.7 Å². The van der Waals surface area contributed by atoms with E-state index in [0.29, 0.717) is 0 Å². The average molecular weight is 232 g/mol. The first-order valence-corrected chi connectivity index (χ1v) is 4.45. The third kappa shape index (κ3) is 2.41. The fourth-order valence-corrected chi connectivity index (χ4v) is 0.923. The third-order valence-electron chi connectivity index (χ3n) is 1.70. The van der Waals surface area contributed by atoms with Gasteiger partial charge in [0.15, 0.2) is 0 Å². The summed E-state index contributed by atoms with van der Waals surface area (Å²) < 4.78 is 35.6. The summed E-state index contributed by atoms with van der Waals surface area (Å²) in [7, 11) is 1.33. The van der Waals surface area contributed by atoms with Gasteiger partial charge in [0.2, 0.25) is 5.88 Å². The number of esters is 1. The van der Waals surface area contributed by atoms with Gasteiger partial charge >= 0.3 is 11.9 Å². The predicted octanol–water partition coefficient (Wildman–Crippen LogP) is 1.14. The van der Waals surface area contributed by atoms with Crippen LogP contribution < -0.4 is 4.74 Å². The van der Waals surface area contributed by atoms with Gasteiger partial charge in [-0.05, 0) is 13.0 Å². The lowest BCUT2D eigenvalue weighted by molar-refractivity contribution is -0.173. The van der Waals surface area contributed by atoms with Crippen LogP contribution in [0.15, 0.2) is 12.1 Å². The Hall–Kier alpha value is -1.79. The van der Waals surface area contributed by atoms with Crippen LogP contribution in [0.25, 0.3) is 0 Å². The minimum atomic E-state index is -3.80. The molecule has 0 atom stereocenters. The van der Waals surface area contributed by atoms with E-state index in [1.165, 1.54) is 20.1 Å². The van der Waals surface area contributed by atoms with Crippen molar-refractivity contribution in [3.63, 3.8) is 0 Å². The molecular formula is C9H10F2N2O3. The van der Waals surface area contributed by atoms with Crippen molar-refractivity contribution in [1.82, 2.24) is 10.2 Å². The molecule has 0 aromatic carbocycles. The van der Waals surface area contributed by atoms with E-state index >= 15 is 0 Å². The van der Waals surface area contributed by atoms with Crippen molar-refractivity contribution in [1.29, 1.82) is 0 Å². The van der Waals surface area contributed by atoms with Crippen molar-refractivity contribution in [3.8, 4) is 5.88 Å². The number of halogens is 2. The van der Waals surface area contributed by atoms with E-state index < -0.39 is 17.6 Å². The second-order valence-electron chi connectivity index (χ2n) is 2.76. The Morgan fingerprint density at radius 2 is 2.12 bits per heavy atom. The van der Waals surface area contributed by atoms with Gasteiger partial charge in [-0.2, -0.15) is 8.78 Å². The lowest BCUT2D eigenvalue weighted by Gasteiger charge is -2.13. The lowest BCUT2D eigenvalue weighted by atomic mass is 10.2. The fourth-order valence-electron chi connectivity index (χ4n) is 0.923. The zero-order valence-electron chi connectivity index (χ0n) is 8.74. The maximum absolute atomic E-state index is 13.4. The van der Waals surface area contributed by atoms with Gasteiger partial charge in [0.1, 0.15) is 5.69 Å². The molecular weight excluding hydrogens is 222 g/mol. The molecule has 0 fully saturated rings. The number of carbonyl (C=O) groups excluding carboxylic acids is 1. The van der Waals surface area contributed by atoms with Crippen molar-refractivity contribution in [2.45, 2.75) is 12.8 Å². The predicted molar refractivity (Wildman–Crippen MR) is 49.1 cm³/mol. The molecule has 0 unspecified atom stereocenters. The Balaban J connectivity index is 2.93. The lowest BCUT2D eigenvalue weighted by Crippen LogP contribution is -2.29. The van der Waals surface area contributed by atoms with Crippen LogP contribution in [-0.4, -0.2) is 29.9 Å². The molecule has 0 aliphatic carbocycles. The molecule has 7 heteroatoms. The number of aromatic nitrogens is 2. The zero-order chi connectivity index (χ0) is 12.2. The second-order valence-corrected chi connectivity index (χ2v) is 2.76. The van der Waals surface area contributed by atoms with Gasteiger partial charge in [0.25, 0.3) is 0 Å². The molecule has 0 aliphatic heterocycles. The molecule has 0 saturated carbocycles. The van der Waals surface area contributed by atoms with Crippen molar-refractivity contribution >= 4 is 5.97 Å². The summed E-state index contributed by atoms with van der Waals surface area (Å²) in [5.41, 5.74) is -0.772. The molecule has 1 rings (SSSR count). The number of hydrogen-bond donors (Lipinski definition) is 0. The van der Waals surface area contributed by atoms with Crippen LogP contribution in [0.2, 0.25) is 0 Å². The first kappa shape index (κ1) is 12.3. The van der Waals surface area contributed by atoms with Crippen molar-refractivity contribution in [2.24, 2.45) is 0 Å². The molecule has 0 N–H and O–H groups in total. The summed E-state index contributed by atoms with van der Waals surface area (Å²) in [6.45, 7) is 1.31. The molecule has 0 saturated heterocycles. The highest BCUT2D eigenvalue weighted by Gasteiger charge is 2.44. The molecule has 16 heavy (non-hydrogen) atoms. The summed E-state index contributed by atoms with van der Waals surface area (Å²) in [6, 6.07) is 2.15. The molecule has 1 heterocycles. The molecule has 0 aliphatic rings. The van der Waals surface area contributed by atoms with E-state index in [4.69, 9.17) is 0 Å². The SMILES string of the molecule is CCOC(=O)C(F)(F)c1ccc(OC)nn1. The van der Waals surface area contributed by atoms with Crippen LogP contribution in [0.3, 0.4) is 0 Å². The van der Waals surface area contributed by atoms with E-state index in [9.17, 15) is 13.6 Å². The van der Waals surface area contributed by atoms with E-state index in [1.807, 2.05) is 0 Å². The summed E-state index contributed by atoms with van der Waals surface area (Å²) in [5, 5.41) is 6.54. The Labute approximate surface area is 90.4 Å². The van der Waals surface area contributed by atoms with Crippen LogP contribution in [0.4, 0.5) is 8.78 Å². The topological polar surface area (TPSA) is 61.3 Å². The van der Waals surface area contributed by atoms with Gasteiger partial charge in [0, 0.05) is 6.07 Å².